The molecule has 0 amide bonds. The van der Waals surface area contributed by atoms with E-state index in [1.54, 1.807) is 0 Å². The standard InChI is InChI=1S/C12H14ClN3O2/c13-10(14)6-9(11(15)12(17)18)16-7-8-4-2-1-3-5-8/h1-6,16H,7,14-15H2,(H,17,18)/b10-6-,11-9+. The lowest BCUT2D eigenvalue weighted by Crippen LogP contribution is -2.22. The van der Waals surface area contributed by atoms with Crippen molar-refractivity contribution in [1.82, 2.24) is 5.32 Å². The molecule has 0 aliphatic carbocycles. The Morgan fingerprint density at radius 1 is 1.33 bits per heavy atom. The Balaban J connectivity index is 2.85. The van der Waals surface area contributed by atoms with Gasteiger partial charge in [-0.1, -0.05) is 41.9 Å². The summed E-state index contributed by atoms with van der Waals surface area (Å²) < 4.78 is 0. The second-order valence-electron chi connectivity index (χ2n) is 3.50. The number of halogens is 1. The van der Waals surface area contributed by atoms with Gasteiger partial charge in [0.2, 0.25) is 0 Å². The van der Waals surface area contributed by atoms with E-state index in [9.17, 15) is 4.79 Å². The molecule has 0 fully saturated rings. The van der Waals surface area contributed by atoms with Crippen molar-refractivity contribution in [2.24, 2.45) is 11.5 Å². The fraction of sp³-hybridized carbons (Fsp3) is 0.0833. The van der Waals surface area contributed by atoms with E-state index < -0.39 is 5.97 Å². The Morgan fingerprint density at radius 3 is 2.44 bits per heavy atom. The van der Waals surface area contributed by atoms with Crippen LogP contribution >= 0.6 is 11.6 Å². The summed E-state index contributed by atoms with van der Waals surface area (Å²) >= 11 is 5.52. The first-order valence-electron chi connectivity index (χ1n) is 5.14. The van der Waals surface area contributed by atoms with Gasteiger partial charge in [0, 0.05) is 6.54 Å². The number of benzene rings is 1. The molecule has 0 atom stereocenters. The molecule has 1 rings (SSSR count). The number of hydrogen-bond acceptors (Lipinski definition) is 4. The van der Waals surface area contributed by atoms with Crippen LogP contribution in [0.1, 0.15) is 5.56 Å². The Hall–Kier alpha value is -2.14. The fourth-order valence-corrected chi connectivity index (χ4v) is 1.38. The number of rotatable bonds is 5. The van der Waals surface area contributed by atoms with Crippen molar-refractivity contribution in [3.05, 3.63) is 58.5 Å². The number of allylic oxidation sites excluding steroid dienone is 1. The lowest BCUT2D eigenvalue weighted by molar-refractivity contribution is -0.132. The number of carboxylic acid groups (broad SMARTS) is 1. The number of hydrogen-bond donors (Lipinski definition) is 4. The van der Waals surface area contributed by atoms with E-state index >= 15 is 0 Å². The molecule has 5 nitrogen and oxygen atoms in total. The van der Waals surface area contributed by atoms with Crippen LogP contribution < -0.4 is 16.8 Å². The molecular formula is C12H14ClN3O2. The molecular weight excluding hydrogens is 254 g/mol. The van der Waals surface area contributed by atoms with Crippen molar-refractivity contribution in [1.29, 1.82) is 0 Å². The summed E-state index contributed by atoms with van der Waals surface area (Å²) in [5.74, 6) is -1.24. The van der Waals surface area contributed by atoms with Crippen molar-refractivity contribution >= 4 is 17.6 Å². The van der Waals surface area contributed by atoms with Crippen LogP contribution in [-0.2, 0) is 11.3 Å². The summed E-state index contributed by atoms with van der Waals surface area (Å²) in [5.41, 5.74) is 11.6. The van der Waals surface area contributed by atoms with E-state index in [0.29, 0.717) is 6.54 Å². The van der Waals surface area contributed by atoms with E-state index in [1.165, 1.54) is 6.08 Å². The maximum Gasteiger partial charge on any atom is 0.353 e. The topological polar surface area (TPSA) is 101 Å². The van der Waals surface area contributed by atoms with Crippen LogP contribution in [0.15, 0.2) is 53.0 Å². The van der Waals surface area contributed by atoms with Crippen molar-refractivity contribution < 1.29 is 9.90 Å². The minimum absolute atomic E-state index is 0.0465. The van der Waals surface area contributed by atoms with Gasteiger partial charge in [-0.25, -0.2) is 4.79 Å². The molecule has 0 radical (unpaired) electrons. The molecule has 18 heavy (non-hydrogen) atoms. The van der Waals surface area contributed by atoms with Gasteiger partial charge in [-0.05, 0) is 11.6 Å². The first-order chi connectivity index (χ1) is 8.50. The van der Waals surface area contributed by atoms with Crippen LogP contribution in [0.5, 0.6) is 0 Å². The van der Waals surface area contributed by atoms with Crippen LogP contribution in [0.3, 0.4) is 0 Å². The molecule has 0 heterocycles. The Kier molecular flexibility index (Phi) is 5.07. The zero-order valence-electron chi connectivity index (χ0n) is 9.56. The summed E-state index contributed by atoms with van der Waals surface area (Å²) in [5, 5.41) is 11.7. The van der Waals surface area contributed by atoms with Crippen LogP contribution in [0, 0.1) is 0 Å². The molecule has 0 saturated carbocycles. The third kappa shape index (κ3) is 4.39. The highest BCUT2D eigenvalue weighted by Gasteiger charge is 2.08. The SMILES string of the molecule is N/C(Cl)=C\C(NCc1ccccc1)=C(/N)C(=O)O. The second-order valence-corrected chi connectivity index (χ2v) is 3.94. The predicted molar refractivity (Wildman–Crippen MR) is 70.3 cm³/mol. The average Bonchev–Trinajstić information content (AvgIpc) is 2.34. The molecule has 0 aliphatic rings. The number of carbonyl (C=O) groups is 1. The summed E-state index contributed by atoms with van der Waals surface area (Å²) in [7, 11) is 0. The fourth-order valence-electron chi connectivity index (χ4n) is 1.27. The molecule has 6 N–H and O–H groups in total. The molecule has 0 aromatic heterocycles. The van der Waals surface area contributed by atoms with Gasteiger partial charge in [0.05, 0.1) is 5.70 Å². The van der Waals surface area contributed by atoms with Gasteiger partial charge in [0.15, 0.2) is 0 Å². The van der Waals surface area contributed by atoms with E-state index in [2.05, 4.69) is 5.32 Å². The largest absolute Gasteiger partial charge is 0.477 e. The molecule has 1 aromatic carbocycles. The number of carboxylic acids is 1. The minimum Gasteiger partial charge on any atom is -0.477 e. The maximum absolute atomic E-state index is 10.8. The quantitative estimate of drug-likeness (QED) is 0.363. The van der Waals surface area contributed by atoms with Crippen LogP contribution in [-0.4, -0.2) is 11.1 Å². The third-order valence-corrected chi connectivity index (χ3v) is 2.24. The minimum atomic E-state index is -1.24. The molecule has 0 aliphatic heterocycles. The van der Waals surface area contributed by atoms with Gasteiger partial charge in [0.1, 0.15) is 10.9 Å². The molecule has 0 saturated heterocycles. The first kappa shape index (κ1) is 13.9. The molecule has 1 aromatic rings. The molecule has 0 unspecified atom stereocenters. The van der Waals surface area contributed by atoms with Crippen LogP contribution in [0.25, 0.3) is 0 Å². The lowest BCUT2D eigenvalue weighted by atomic mass is 10.2. The highest BCUT2D eigenvalue weighted by molar-refractivity contribution is 6.29. The van der Waals surface area contributed by atoms with Gasteiger partial charge in [-0.3, -0.25) is 0 Å². The number of nitrogens with two attached hydrogens (primary N) is 2. The Bertz CT molecular complexity index is 479. The Labute approximate surface area is 110 Å². The van der Waals surface area contributed by atoms with Crippen LogP contribution in [0.4, 0.5) is 0 Å². The van der Waals surface area contributed by atoms with E-state index in [4.69, 9.17) is 28.2 Å². The number of nitrogens with one attached hydrogen (secondary N) is 1. The van der Waals surface area contributed by atoms with E-state index in [1.807, 2.05) is 30.3 Å². The smallest absolute Gasteiger partial charge is 0.353 e. The monoisotopic (exact) mass is 267 g/mol. The third-order valence-electron chi connectivity index (χ3n) is 2.13. The summed E-state index contributed by atoms with van der Waals surface area (Å²) in [6.45, 7) is 0.421. The van der Waals surface area contributed by atoms with Gasteiger partial charge in [-0.15, -0.1) is 0 Å². The van der Waals surface area contributed by atoms with Crippen LogP contribution in [0.2, 0.25) is 0 Å². The van der Waals surface area contributed by atoms with Crippen molar-refractivity contribution in [3.63, 3.8) is 0 Å². The Morgan fingerprint density at radius 2 is 1.94 bits per heavy atom. The molecule has 0 bridgehead atoms. The highest BCUT2D eigenvalue weighted by Crippen LogP contribution is 2.05. The normalized spacial score (nSPS) is 12.8. The first-order valence-corrected chi connectivity index (χ1v) is 5.52. The highest BCUT2D eigenvalue weighted by atomic mass is 35.5. The molecule has 96 valence electrons. The van der Waals surface area contributed by atoms with Gasteiger partial charge >= 0.3 is 5.97 Å². The van der Waals surface area contributed by atoms with Gasteiger partial charge in [-0.2, -0.15) is 0 Å². The van der Waals surface area contributed by atoms with Crippen molar-refractivity contribution in [2.45, 2.75) is 6.54 Å². The zero-order valence-corrected chi connectivity index (χ0v) is 10.3. The van der Waals surface area contributed by atoms with Gasteiger partial charge in [0.25, 0.3) is 0 Å². The van der Waals surface area contributed by atoms with Crippen molar-refractivity contribution in [3.8, 4) is 0 Å². The summed E-state index contributed by atoms with van der Waals surface area (Å²) in [6, 6.07) is 9.45. The summed E-state index contributed by atoms with van der Waals surface area (Å²) in [4.78, 5) is 10.8. The van der Waals surface area contributed by atoms with E-state index in [0.717, 1.165) is 5.56 Å². The van der Waals surface area contributed by atoms with Crippen molar-refractivity contribution in [2.75, 3.05) is 0 Å². The second kappa shape index (κ2) is 6.56. The molecule has 0 spiro atoms. The zero-order chi connectivity index (χ0) is 13.5. The van der Waals surface area contributed by atoms with E-state index in [-0.39, 0.29) is 16.6 Å². The van der Waals surface area contributed by atoms with Gasteiger partial charge < -0.3 is 21.9 Å². The summed E-state index contributed by atoms with van der Waals surface area (Å²) in [6.07, 6.45) is 1.27. The molecule has 6 heteroatoms. The predicted octanol–water partition coefficient (Wildman–Crippen LogP) is 1.07. The maximum atomic E-state index is 10.8. The lowest BCUT2D eigenvalue weighted by Gasteiger charge is -2.09. The number of aliphatic carboxylic acids is 1. The average molecular weight is 268 g/mol.